The molecular formula is C29H19N5. The van der Waals surface area contributed by atoms with Crippen LogP contribution in [0.2, 0.25) is 0 Å². The minimum Gasteiger partial charge on any atom is -0.312 e. The second-order valence-electron chi connectivity index (χ2n) is 8.27. The van der Waals surface area contributed by atoms with Crippen LogP contribution in [0.3, 0.4) is 0 Å². The van der Waals surface area contributed by atoms with Crippen LogP contribution < -0.4 is 0 Å². The zero-order chi connectivity index (χ0) is 22.5. The standard InChI is InChI=1S/C29H19N5/c1-2-6-22(7-3-1)34-26-9-5-4-8-24(26)25-11-10-20-14-17-33(27(20)28(25)34)23-18-31-29(32-19-23)21-12-15-30-16-13-21/h1-19H. The van der Waals surface area contributed by atoms with Gasteiger partial charge >= 0.3 is 0 Å². The number of benzene rings is 3. The highest BCUT2D eigenvalue weighted by Gasteiger charge is 2.17. The molecule has 0 atom stereocenters. The Kier molecular flexibility index (Phi) is 4.08. The van der Waals surface area contributed by atoms with Gasteiger partial charge in [-0.15, -0.1) is 0 Å². The number of hydrogen-bond donors (Lipinski definition) is 0. The van der Waals surface area contributed by atoms with E-state index in [-0.39, 0.29) is 0 Å². The number of hydrogen-bond acceptors (Lipinski definition) is 3. The minimum atomic E-state index is 0.686. The van der Waals surface area contributed by atoms with Crippen molar-refractivity contribution in [2.75, 3.05) is 0 Å². The van der Waals surface area contributed by atoms with Crippen LogP contribution >= 0.6 is 0 Å². The van der Waals surface area contributed by atoms with Crippen LogP contribution in [-0.2, 0) is 0 Å². The van der Waals surface area contributed by atoms with Crippen molar-refractivity contribution < 1.29 is 0 Å². The molecule has 0 unspecified atom stereocenters. The fourth-order valence-electron chi connectivity index (χ4n) is 4.83. The summed E-state index contributed by atoms with van der Waals surface area (Å²) in [6.07, 6.45) is 9.38. The van der Waals surface area contributed by atoms with Crippen molar-refractivity contribution in [3.8, 4) is 22.8 Å². The first-order valence-electron chi connectivity index (χ1n) is 11.2. The lowest BCUT2D eigenvalue weighted by Crippen LogP contribution is -1.99. The zero-order valence-electron chi connectivity index (χ0n) is 18.2. The van der Waals surface area contributed by atoms with Crippen molar-refractivity contribution in [2.45, 2.75) is 0 Å². The summed E-state index contributed by atoms with van der Waals surface area (Å²) >= 11 is 0. The Morgan fingerprint density at radius 3 is 2.18 bits per heavy atom. The molecule has 0 spiro atoms. The lowest BCUT2D eigenvalue weighted by atomic mass is 10.1. The van der Waals surface area contributed by atoms with E-state index in [0.29, 0.717) is 5.82 Å². The number of para-hydroxylation sites is 2. The molecule has 7 aromatic rings. The van der Waals surface area contributed by atoms with Crippen molar-refractivity contribution in [1.29, 1.82) is 0 Å². The molecule has 4 heterocycles. The molecule has 3 aromatic carbocycles. The Bertz CT molecular complexity index is 1780. The smallest absolute Gasteiger partial charge is 0.159 e. The van der Waals surface area contributed by atoms with Crippen LogP contribution in [0.5, 0.6) is 0 Å². The summed E-state index contributed by atoms with van der Waals surface area (Å²) in [4.78, 5) is 13.4. The third-order valence-corrected chi connectivity index (χ3v) is 6.35. The van der Waals surface area contributed by atoms with Gasteiger partial charge in [0.05, 0.1) is 34.6 Å². The Hall–Kier alpha value is -4.77. The Balaban J connectivity index is 1.52. The van der Waals surface area contributed by atoms with Crippen molar-refractivity contribution in [1.82, 2.24) is 24.1 Å². The highest BCUT2D eigenvalue weighted by Crippen LogP contribution is 2.37. The second-order valence-corrected chi connectivity index (χ2v) is 8.27. The van der Waals surface area contributed by atoms with Gasteiger partial charge in [-0.25, -0.2) is 9.97 Å². The van der Waals surface area contributed by atoms with Gasteiger partial charge in [-0.05, 0) is 36.4 Å². The van der Waals surface area contributed by atoms with E-state index < -0.39 is 0 Å². The quantitative estimate of drug-likeness (QED) is 0.314. The van der Waals surface area contributed by atoms with Gasteiger partial charge in [-0.3, -0.25) is 4.98 Å². The molecule has 0 saturated carbocycles. The van der Waals surface area contributed by atoms with E-state index in [2.05, 4.69) is 103 Å². The van der Waals surface area contributed by atoms with E-state index in [4.69, 9.17) is 0 Å². The van der Waals surface area contributed by atoms with Crippen molar-refractivity contribution >= 4 is 32.7 Å². The van der Waals surface area contributed by atoms with Crippen molar-refractivity contribution in [2.24, 2.45) is 0 Å². The largest absolute Gasteiger partial charge is 0.312 e. The van der Waals surface area contributed by atoms with E-state index in [1.54, 1.807) is 12.4 Å². The molecule has 0 bridgehead atoms. The van der Waals surface area contributed by atoms with Crippen LogP contribution in [0.15, 0.2) is 116 Å². The summed E-state index contributed by atoms with van der Waals surface area (Å²) < 4.78 is 4.54. The van der Waals surface area contributed by atoms with Crippen LogP contribution in [-0.4, -0.2) is 24.1 Å². The van der Waals surface area contributed by atoms with E-state index in [9.17, 15) is 0 Å². The Labute approximate surface area is 195 Å². The topological polar surface area (TPSA) is 48.5 Å². The van der Waals surface area contributed by atoms with Crippen molar-refractivity contribution in [3.63, 3.8) is 0 Å². The summed E-state index contributed by atoms with van der Waals surface area (Å²) in [7, 11) is 0. The summed E-state index contributed by atoms with van der Waals surface area (Å²) in [5, 5.41) is 3.63. The van der Waals surface area contributed by atoms with Crippen LogP contribution in [0.25, 0.3) is 55.5 Å². The van der Waals surface area contributed by atoms with Gasteiger partial charge in [0.15, 0.2) is 5.82 Å². The minimum absolute atomic E-state index is 0.686. The first kappa shape index (κ1) is 18.8. The molecule has 0 saturated heterocycles. The lowest BCUT2D eigenvalue weighted by Gasteiger charge is -2.11. The molecule has 0 N–H and O–H groups in total. The van der Waals surface area contributed by atoms with Gasteiger partial charge in [-0.2, -0.15) is 0 Å². The maximum atomic E-state index is 4.65. The highest BCUT2D eigenvalue weighted by molar-refractivity contribution is 6.18. The van der Waals surface area contributed by atoms with Crippen LogP contribution in [0.1, 0.15) is 0 Å². The molecule has 0 aliphatic rings. The number of pyridine rings is 1. The summed E-state index contributed by atoms with van der Waals surface area (Å²) in [6, 6.07) is 29.5. The van der Waals surface area contributed by atoms with Gasteiger partial charge in [0.1, 0.15) is 0 Å². The normalized spacial score (nSPS) is 11.5. The third-order valence-electron chi connectivity index (χ3n) is 6.35. The van der Waals surface area contributed by atoms with E-state index in [0.717, 1.165) is 22.5 Å². The lowest BCUT2D eigenvalue weighted by molar-refractivity contribution is 1.05. The molecule has 0 radical (unpaired) electrons. The average Bonchev–Trinajstić information content (AvgIpc) is 3.49. The van der Waals surface area contributed by atoms with Gasteiger partial charge in [0.2, 0.25) is 0 Å². The number of nitrogens with zero attached hydrogens (tertiary/aromatic N) is 5. The Morgan fingerprint density at radius 2 is 1.35 bits per heavy atom. The van der Waals surface area contributed by atoms with Gasteiger partial charge in [0, 0.05) is 46.0 Å². The van der Waals surface area contributed by atoms with E-state index in [1.807, 2.05) is 24.5 Å². The molecule has 0 amide bonds. The van der Waals surface area contributed by atoms with E-state index >= 15 is 0 Å². The fraction of sp³-hybridized carbons (Fsp3) is 0. The molecule has 4 aromatic heterocycles. The number of aromatic nitrogens is 5. The highest BCUT2D eigenvalue weighted by atomic mass is 15.1. The molecular weight excluding hydrogens is 418 g/mol. The molecule has 34 heavy (non-hydrogen) atoms. The molecule has 0 fully saturated rings. The molecule has 5 heteroatoms. The molecule has 7 rings (SSSR count). The second kappa shape index (κ2) is 7.39. The van der Waals surface area contributed by atoms with Crippen molar-refractivity contribution in [3.05, 3.63) is 116 Å². The Morgan fingerprint density at radius 1 is 0.588 bits per heavy atom. The number of fused-ring (bicyclic) bond motifs is 5. The predicted molar refractivity (Wildman–Crippen MR) is 136 cm³/mol. The fourth-order valence-corrected chi connectivity index (χ4v) is 4.83. The monoisotopic (exact) mass is 437 g/mol. The molecule has 0 aliphatic carbocycles. The molecule has 0 aliphatic heterocycles. The third kappa shape index (κ3) is 2.77. The number of rotatable bonds is 3. The predicted octanol–water partition coefficient (Wildman–Crippen LogP) is 6.58. The van der Waals surface area contributed by atoms with Gasteiger partial charge in [0.25, 0.3) is 0 Å². The first-order chi connectivity index (χ1) is 16.9. The summed E-state index contributed by atoms with van der Waals surface area (Å²) in [5.74, 6) is 0.686. The van der Waals surface area contributed by atoms with Crippen LogP contribution in [0, 0.1) is 0 Å². The summed E-state index contributed by atoms with van der Waals surface area (Å²) in [5.41, 5.74) is 6.51. The van der Waals surface area contributed by atoms with Gasteiger partial charge < -0.3 is 9.13 Å². The van der Waals surface area contributed by atoms with Crippen LogP contribution in [0.4, 0.5) is 0 Å². The first-order valence-corrected chi connectivity index (χ1v) is 11.2. The molecule has 5 nitrogen and oxygen atoms in total. The van der Waals surface area contributed by atoms with E-state index in [1.165, 1.54) is 27.2 Å². The maximum absolute atomic E-state index is 4.65. The zero-order valence-corrected chi connectivity index (χ0v) is 18.2. The SMILES string of the molecule is c1ccc(-n2c3ccccc3c3ccc4ccn(-c5cnc(-c6ccncc6)nc5)c4c32)cc1. The molecule has 160 valence electrons. The average molecular weight is 438 g/mol. The van der Waals surface area contributed by atoms with Gasteiger partial charge in [-0.1, -0.05) is 48.5 Å². The maximum Gasteiger partial charge on any atom is 0.159 e. The summed E-state index contributed by atoms with van der Waals surface area (Å²) in [6.45, 7) is 0.